The maximum Gasteiger partial charge on any atom is 0.416 e. The molecule has 0 aliphatic carbocycles. The van der Waals surface area contributed by atoms with Crippen molar-refractivity contribution in [2.24, 2.45) is 0 Å². The first-order valence-corrected chi connectivity index (χ1v) is 9.80. The Kier molecular flexibility index (Phi) is 5.74. The van der Waals surface area contributed by atoms with Gasteiger partial charge in [-0.1, -0.05) is 24.6 Å². The van der Waals surface area contributed by atoms with E-state index in [-0.39, 0.29) is 5.56 Å². The lowest BCUT2D eigenvalue weighted by molar-refractivity contribution is -0.145. The van der Waals surface area contributed by atoms with E-state index in [2.05, 4.69) is 15.9 Å². The summed E-state index contributed by atoms with van der Waals surface area (Å²) in [6.07, 6.45) is -2.54. The SMILES string of the molecule is O=C(O)C1CCCCN1C(c1ccc(Br)s1)c1ccccc1C(F)(F)F. The van der Waals surface area contributed by atoms with Gasteiger partial charge in [-0.3, -0.25) is 9.69 Å². The molecule has 0 bridgehead atoms. The molecule has 1 aliphatic rings. The third kappa shape index (κ3) is 3.97. The van der Waals surface area contributed by atoms with Gasteiger partial charge in [0.1, 0.15) is 6.04 Å². The Morgan fingerprint density at radius 1 is 1.23 bits per heavy atom. The summed E-state index contributed by atoms with van der Waals surface area (Å²) in [6.45, 7) is 0.448. The van der Waals surface area contributed by atoms with Gasteiger partial charge in [0.05, 0.1) is 15.4 Å². The second-order valence-electron chi connectivity index (χ2n) is 6.22. The molecule has 2 heterocycles. The molecule has 3 rings (SSSR count). The molecule has 1 aromatic heterocycles. The second-order valence-corrected chi connectivity index (χ2v) is 8.71. The van der Waals surface area contributed by atoms with Crippen LogP contribution < -0.4 is 0 Å². The largest absolute Gasteiger partial charge is 0.480 e. The highest BCUT2D eigenvalue weighted by molar-refractivity contribution is 9.11. The number of piperidine rings is 1. The normalized spacial score (nSPS) is 20.1. The first-order valence-electron chi connectivity index (χ1n) is 8.19. The Labute approximate surface area is 161 Å². The molecule has 1 fully saturated rings. The monoisotopic (exact) mass is 447 g/mol. The van der Waals surface area contributed by atoms with Crippen molar-refractivity contribution >= 4 is 33.2 Å². The van der Waals surface area contributed by atoms with E-state index in [4.69, 9.17) is 0 Å². The Morgan fingerprint density at radius 2 is 1.96 bits per heavy atom. The summed E-state index contributed by atoms with van der Waals surface area (Å²) in [7, 11) is 0. The smallest absolute Gasteiger partial charge is 0.416 e. The Balaban J connectivity index is 2.16. The van der Waals surface area contributed by atoms with E-state index in [9.17, 15) is 23.1 Å². The Bertz CT molecular complexity index is 793. The van der Waals surface area contributed by atoms with Crippen molar-refractivity contribution < 1.29 is 23.1 Å². The fourth-order valence-corrected chi connectivity index (χ4v) is 5.06. The number of carbonyl (C=O) groups is 1. The van der Waals surface area contributed by atoms with Crippen LogP contribution in [-0.2, 0) is 11.0 Å². The minimum absolute atomic E-state index is 0.0995. The summed E-state index contributed by atoms with van der Waals surface area (Å²) < 4.78 is 41.6. The zero-order valence-corrected chi connectivity index (χ0v) is 16.1. The average Bonchev–Trinajstić information content (AvgIpc) is 3.01. The van der Waals surface area contributed by atoms with E-state index < -0.39 is 29.8 Å². The topological polar surface area (TPSA) is 40.5 Å². The molecule has 26 heavy (non-hydrogen) atoms. The minimum atomic E-state index is -4.50. The number of benzene rings is 1. The highest BCUT2D eigenvalue weighted by atomic mass is 79.9. The van der Waals surface area contributed by atoms with Crippen LogP contribution in [0.2, 0.25) is 0 Å². The summed E-state index contributed by atoms with van der Waals surface area (Å²) in [5.74, 6) is -0.991. The van der Waals surface area contributed by atoms with Gasteiger partial charge in [-0.25, -0.2) is 0 Å². The number of thiophene rings is 1. The quantitative estimate of drug-likeness (QED) is 0.666. The molecule has 140 valence electrons. The highest BCUT2D eigenvalue weighted by Crippen LogP contribution is 2.43. The van der Waals surface area contributed by atoms with Gasteiger partial charge in [0.15, 0.2) is 0 Å². The number of hydrogen-bond donors (Lipinski definition) is 1. The summed E-state index contributed by atoms with van der Waals surface area (Å²) in [4.78, 5) is 14.1. The zero-order chi connectivity index (χ0) is 18.9. The molecule has 0 radical (unpaired) electrons. The third-order valence-corrected chi connectivity index (χ3v) is 6.26. The van der Waals surface area contributed by atoms with Gasteiger partial charge < -0.3 is 5.11 Å². The van der Waals surface area contributed by atoms with Crippen LogP contribution in [0.1, 0.15) is 41.3 Å². The summed E-state index contributed by atoms with van der Waals surface area (Å²) >= 11 is 4.69. The molecular weight excluding hydrogens is 431 g/mol. The van der Waals surface area contributed by atoms with Crippen LogP contribution in [0.4, 0.5) is 13.2 Å². The van der Waals surface area contributed by atoms with Crippen molar-refractivity contribution in [1.29, 1.82) is 0 Å². The van der Waals surface area contributed by atoms with Crippen LogP contribution >= 0.6 is 27.3 Å². The first kappa shape index (κ1) is 19.4. The molecule has 1 saturated heterocycles. The Morgan fingerprint density at radius 3 is 2.58 bits per heavy atom. The van der Waals surface area contributed by atoms with E-state index in [1.807, 2.05) is 0 Å². The van der Waals surface area contributed by atoms with Crippen molar-refractivity contribution in [3.63, 3.8) is 0 Å². The van der Waals surface area contributed by atoms with Crippen LogP contribution in [0, 0.1) is 0 Å². The first-order chi connectivity index (χ1) is 12.3. The van der Waals surface area contributed by atoms with Crippen LogP contribution in [0.3, 0.4) is 0 Å². The molecule has 1 aromatic carbocycles. The summed E-state index contributed by atoms with van der Waals surface area (Å²) in [5, 5.41) is 9.62. The van der Waals surface area contributed by atoms with Crippen molar-refractivity contribution in [1.82, 2.24) is 4.90 Å². The molecule has 1 N–H and O–H groups in total. The fraction of sp³-hybridized carbons (Fsp3) is 0.389. The van der Waals surface area contributed by atoms with Crippen LogP contribution in [-0.4, -0.2) is 28.6 Å². The van der Waals surface area contributed by atoms with Gasteiger partial charge in [0, 0.05) is 4.88 Å². The number of alkyl halides is 3. The van der Waals surface area contributed by atoms with E-state index in [1.165, 1.54) is 23.5 Å². The molecule has 0 amide bonds. The number of carboxylic acids is 1. The molecular formula is C18H17BrF3NO2S. The van der Waals surface area contributed by atoms with E-state index in [0.29, 0.717) is 17.8 Å². The van der Waals surface area contributed by atoms with Crippen molar-refractivity contribution in [3.05, 3.63) is 56.2 Å². The maximum atomic E-state index is 13.6. The lowest BCUT2D eigenvalue weighted by Crippen LogP contribution is -2.47. The van der Waals surface area contributed by atoms with Crippen LogP contribution in [0.25, 0.3) is 0 Å². The molecule has 1 aliphatic heterocycles. The number of hydrogen-bond acceptors (Lipinski definition) is 3. The van der Waals surface area contributed by atoms with Crippen molar-refractivity contribution in [2.75, 3.05) is 6.54 Å². The predicted octanol–water partition coefficient (Wildman–Crippen LogP) is 5.56. The predicted molar refractivity (Wildman–Crippen MR) is 97.3 cm³/mol. The lowest BCUT2D eigenvalue weighted by atomic mass is 9.92. The average molecular weight is 448 g/mol. The standard InChI is InChI=1S/C18H17BrF3NO2S/c19-15-9-8-14(26-15)16(23-10-4-3-7-13(23)17(24)25)11-5-1-2-6-12(11)18(20,21)22/h1-2,5-6,8-9,13,16H,3-4,7,10H2,(H,24,25). The molecule has 0 spiro atoms. The maximum absolute atomic E-state index is 13.6. The molecule has 0 saturated carbocycles. The molecule has 3 nitrogen and oxygen atoms in total. The summed E-state index contributed by atoms with van der Waals surface area (Å²) in [5.41, 5.74) is -0.619. The number of nitrogens with zero attached hydrogens (tertiary/aromatic N) is 1. The Hall–Kier alpha value is -1.38. The van der Waals surface area contributed by atoms with Gasteiger partial charge in [-0.2, -0.15) is 13.2 Å². The van der Waals surface area contributed by atoms with Crippen molar-refractivity contribution in [2.45, 2.75) is 37.5 Å². The molecule has 2 aromatic rings. The van der Waals surface area contributed by atoms with Gasteiger partial charge in [0.25, 0.3) is 0 Å². The molecule has 2 atom stereocenters. The van der Waals surface area contributed by atoms with Crippen molar-refractivity contribution in [3.8, 4) is 0 Å². The van der Waals surface area contributed by atoms with E-state index in [0.717, 1.165) is 22.7 Å². The molecule has 2 unspecified atom stereocenters. The number of rotatable bonds is 4. The lowest BCUT2D eigenvalue weighted by Gasteiger charge is -2.39. The fourth-order valence-electron chi connectivity index (χ4n) is 3.49. The zero-order valence-electron chi connectivity index (χ0n) is 13.7. The summed E-state index contributed by atoms with van der Waals surface area (Å²) in [6, 6.07) is 7.45. The van der Waals surface area contributed by atoms with Crippen LogP contribution in [0.5, 0.6) is 0 Å². The van der Waals surface area contributed by atoms with Gasteiger partial charge >= 0.3 is 12.1 Å². The van der Waals surface area contributed by atoms with Gasteiger partial charge in [-0.05, 0) is 59.1 Å². The van der Waals surface area contributed by atoms with E-state index in [1.54, 1.807) is 23.1 Å². The van der Waals surface area contributed by atoms with Gasteiger partial charge in [-0.15, -0.1) is 11.3 Å². The van der Waals surface area contributed by atoms with Crippen LogP contribution in [0.15, 0.2) is 40.2 Å². The number of carboxylic acid groups (broad SMARTS) is 1. The second kappa shape index (κ2) is 7.70. The highest BCUT2D eigenvalue weighted by Gasteiger charge is 2.41. The van der Waals surface area contributed by atoms with E-state index >= 15 is 0 Å². The third-order valence-electron chi connectivity index (χ3n) is 4.59. The number of halogens is 4. The molecule has 8 heteroatoms. The van der Waals surface area contributed by atoms with Gasteiger partial charge in [0.2, 0.25) is 0 Å². The number of aliphatic carboxylic acids is 1. The number of likely N-dealkylation sites (tertiary alicyclic amines) is 1. The minimum Gasteiger partial charge on any atom is -0.480 e.